The molecule has 0 aliphatic heterocycles. The van der Waals surface area contributed by atoms with Gasteiger partial charge in [0.25, 0.3) is 11.8 Å². The molecule has 8 nitrogen and oxygen atoms in total. The molecule has 0 atom stereocenters. The molecule has 5 rings (SSSR count). The second-order valence-corrected chi connectivity index (χ2v) is 8.95. The minimum Gasteiger partial charge on any atom is -0.489 e. The summed E-state index contributed by atoms with van der Waals surface area (Å²) in [6, 6.07) is 26.2. The highest BCUT2D eigenvalue weighted by Gasteiger charge is 2.15. The molecule has 1 aromatic heterocycles. The Morgan fingerprint density at radius 1 is 0.875 bits per heavy atom. The van der Waals surface area contributed by atoms with E-state index in [1.807, 2.05) is 0 Å². The van der Waals surface area contributed by atoms with Crippen LogP contribution < -0.4 is 26.7 Å². The van der Waals surface area contributed by atoms with Gasteiger partial charge in [0.15, 0.2) is 0 Å². The highest BCUT2D eigenvalue weighted by molar-refractivity contribution is 6.05. The fraction of sp³-hybridized carbons (Fsp3) is 0.0645. The average molecular weight is 538 g/mol. The lowest BCUT2D eigenvalue weighted by Gasteiger charge is -2.09. The Morgan fingerprint density at radius 3 is 2.40 bits per heavy atom. The normalized spacial score (nSPS) is 10.7. The second-order valence-electron chi connectivity index (χ2n) is 8.95. The van der Waals surface area contributed by atoms with Gasteiger partial charge in [-0.15, -0.1) is 0 Å². The predicted molar refractivity (Wildman–Crippen MR) is 150 cm³/mol. The molecule has 1 heterocycles. The minimum atomic E-state index is -0.802. The number of anilines is 2. The number of halogens is 1. The first-order valence-electron chi connectivity index (χ1n) is 12.3. The molecule has 0 spiro atoms. The van der Waals surface area contributed by atoms with Crippen LogP contribution in [0.25, 0.3) is 11.0 Å². The second kappa shape index (κ2) is 11.5. The number of fused-ring (bicyclic) bond motifs is 1. The van der Waals surface area contributed by atoms with E-state index >= 15 is 0 Å². The summed E-state index contributed by atoms with van der Waals surface area (Å²) in [6.45, 7) is 0.142. The van der Waals surface area contributed by atoms with E-state index in [1.54, 1.807) is 78.9 Å². The lowest BCUT2D eigenvalue weighted by atomic mass is 10.1. The van der Waals surface area contributed by atoms with E-state index in [1.165, 1.54) is 18.2 Å². The average Bonchev–Trinajstić information content (AvgIpc) is 2.96. The molecule has 0 radical (unpaired) electrons. The molecule has 5 aromatic rings. The Labute approximate surface area is 228 Å². The van der Waals surface area contributed by atoms with Crippen molar-refractivity contribution in [3.63, 3.8) is 0 Å². The summed E-state index contributed by atoms with van der Waals surface area (Å²) in [5.74, 6) is -0.902. The molecule has 9 heteroatoms. The number of para-hydroxylation sites is 2. The maximum atomic E-state index is 13.8. The number of amides is 2. The number of nitrogens with one attached hydrogen (secondary N) is 2. The third kappa shape index (κ3) is 5.99. The molecule has 4 aromatic carbocycles. The van der Waals surface area contributed by atoms with Gasteiger partial charge in [0.05, 0.1) is 11.4 Å². The molecule has 0 aliphatic carbocycles. The quantitative estimate of drug-likeness (QED) is 0.183. The van der Waals surface area contributed by atoms with Crippen LogP contribution in [-0.4, -0.2) is 11.8 Å². The van der Waals surface area contributed by atoms with Crippen LogP contribution in [0.4, 0.5) is 15.8 Å². The lowest BCUT2D eigenvalue weighted by molar-refractivity contribution is 0.0946. The third-order valence-corrected chi connectivity index (χ3v) is 6.18. The monoisotopic (exact) mass is 537 g/mol. The third-order valence-electron chi connectivity index (χ3n) is 6.18. The zero-order valence-electron chi connectivity index (χ0n) is 21.1. The van der Waals surface area contributed by atoms with Crippen molar-refractivity contribution >= 4 is 34.2 Å². The fourth-order valence-electron chi connectivity index (χ4n) is 3.97. The van der Waals surface area contributed by atoms with Crippen molar-refractivity contribution in [2.24, 2.45) is 0 Å². The SMILES string of the molecule is Nc1ccccc1NC(=O)c1ccc(CNC(=O)c2cc3ccc(OCc4ccccc4F)cc3oc2=O)cc1. The Hall–Kier alpha value is -5.44. The van der Waals surface area contributed by atoms with Crippen LogP contribution in [0.15, 0.2) is 106 Å². The van der Waals surface area contributed by atoms with Crippen LogP contribution in [0.2, 0.25) is 0 Å². The maximum absolute atomic E-state index is 13.8. The number of rotatable bonds is 8. The first kappa shape index (κ1) is 26.2. The zero-order valence-corrected chi connectivity index (χ0v) is 21.1. The van der Waals surface area contributed by atoms with Crippen molar-refractivity contribution in [2.75, 3.05) is 11.1 Å². The predicted octanol–water partition coefficient (Wildman–Crippen LogP) is 5.28. The van der Waals surface area contributed by atoms with Crippen LogP contribution in [0.5, 0.6) is 5.75 Å². The van der Waals surface area contributed by atoms with Gasteiger partial charge >= 0.3 is 5.63 Å². The minimum absolute atomic E-state index is 0.0101. The van der Waals surface area contributed by atoms with Gasteiger partial charge in [0.2, 0.25) is 0 Å². The van der Waals surface area contributed by atoms with Crippen molar-refractivity contribution in [2.45, 2.75) is 13.2 Å². The number of benzene rings is 4. The number of nitrogen functional groups attached to an aromatic ring is 1. The van der Waals surface area contributed by atoms with E-state index in [9.17, 15) is 18.8 Å². The van der Waals surface area contributed by atoms with Gasteiger partial charge in [-0.05, 0) is 54.1 Å². The highest BCUT2D eigenvalue weighted by Crippen LogP contribution is 2.22. The molecule has 0 fully saturated rings. The van der Waals surface area contributed by atoms with E-state index in [2.05, 4.69) is 10.6 Å². The first-order chi connectivity index (χ1) is 19.4. The molecule has 0 aliphatic rings. The first-order valence-corrected chi connectivity index (χ1v) is 12.3. The molecular formula is C31H24FN3O5. The number of carbonyl (C=O) groups excluding carboxylic acids is 2. The largest absolute Gasteiger partial charge is 0.489 e. The number of hydrogen-bond donors (Lipinski definition) is 3. The molecule has 0 saturated heterocycles. The van der Waals surface area contributed by atoms with Crippen LogP contribution in [0, 0.1) is 5.82 Å². The zero-order chi connectivity index (χ0) is 28.1. The Balaban J connectivity index is 1.21. The molecule has 200 valence electrons. The van der Waals surface area contributed by atoms with E-state index in [0.717, 1.165) is 5.56 Å². The van der Waals surface area contributed by atoms with E-state index in [0.29, 0.717) is 33.6 Å². The topological polar surface area (TPSA) is 124 Å². The molecular weight excluding hydrogens is 513 g/mol. The number of hydrogen-bond acceptors (Lipinski definition) is 6. The lowest BCUT2D eigenvalue weighted by Crippen LogP contribution is -2.27. The summed E-state index contributed by atoms with van der Waals surface area (Å²) in [4.78, 5) is 37.8. The van der Waals surface area contributed by atoms with Crippen LogP contribution >= 0.6 is 0 Å². The Morgan fingerprint density at radius 2 is 1.62 bits per heavy atom. The van der Waals surface area contributed by atoms with Crippen molar-refractivity contribution in [1.29, 1.82) is 0 Å². The van der Waals surface area contributed by atoms with Crippen molar-refractivity contribution in [3.8, 4) is 5.75 Å². The van der Waals surface area contributed by atoms with Gasteiger partial charge in [-0.25, -0.2) is 9.18 Å². The summed E-state index contributed by atoms with van der Waals surface area (Å²) >= 11 is 0. The highest BCUT2D eigenvalue weighted by atomic mass is 19.1. The summed E-state index contributed by atoms with van der Waals surface area (Å²) in [5.41, 5.74) is 7.68. The van der Waals surface area contributed by atoms with E-state index in [4.69, 9.17) is 14.9 Å². The number of nitrogens with two attached hydrogens (primary N) is 1. The molecule has 0 bridgehead atoms. The van der Waals surface area contributed by atoms with Crippen LogP contribution in [0.1, 0.15) is 31.8 Å². The number of ether oxygens (including phenoxy) is 1. The summed E-state index contributed by atoms with van der Waals surface area (Å²) in [5, 5.41) is 5.98. The van der Waals surface area contributed by atoms with Gasteiger partial charge < -0.3 is 25.5 Å². The molecule has 40 heavy (non-hydrogen) atoms. The van der Waals surface area contributed by atoms with Gasteiger partial charge in [-0.3, -0.25) is 9.59 Å². The molecule has 0 saturated carbocycles. The van der Waals surface area contributed by atoms with Gasteiger partial charge in [-0.1, -0.05) is 42.5 Å². The summed E-state index contributed by atoms with van der Waals surface area (Å²) < 4.78 is 24.8. The van der Waals surface area contributed by atoms with Crippen molar-refractivity contribution in [3.05, 3.63) is 136 Å². The fourth-order valence-corrected chi connectivity index (χ4v) is 3.97. The van der Waals surface area contributed by atoms with Gasteiger partial charge in [-0.2, -0.15) is 0 Å². The maximum Gasteiger partial charge on any atom is 0.349 e. The smallest absolute Gasteiger partial charge is 0.349 e. The van der Waals surface area contributed by atoms with Gasteiger partial charge in [0, 0.05) is 29.1 Å². The standard InChI is InChI=1S/C31H24FN3O5/c32-25-6-2-1-5-22(25)18-39-23-14-13-21-15-24(31(38)40-28(21)16-23)30(37)34-17-19-9-11-20(12-10-19)29(36)35-27-8-4-3-7-26(27)33/h1-16H,17-18,33H2,(H,34,37)(H,35,36). The Bertz CT molecular complexity index is 1770. The van der Waals surface area contributed by atoms with E-state index < -0.39 is 11.5 Å². The van der Waals surface area contributed by atoms with Gasteiger partial charge in [0.1, 0.15) is 29.3 Å². The Kier molecular flexibility index (Phi) is 7.54. The summed E-state index contributed by atoms with van der Waals surface area (Å²) in [7, 11) is 0. The van der Waals surface area contributed by atoms with Crippen molar-refractivity contribution < 1.29 is 23.1 Å². The van der Waals surface area contributed by atoms with Crippen LogP contribution in [-0.2, 0) is 13.2 Å². The van der Waals surface area contributed by atoms with Crippen molar-refractivity contribution in [1.82, 2.24) is 5.32 Å². The van der Waals surface area contributed by atoms with Crippen LogP contribution in [0.3, 0.4) is 0 Å². The number of carbonyl (C=O) groups is 2. The van der Waals surface area contributed by atoms with E-state index in [-0.39, 0.29) is 36.0 Å². The molecule has 4 N–H and O–H groups in total. The molecule has 2 amide bonds. The summed E-state index contributed by atoms with van der Waals surface area (Å²) in [6.07, 6.45) is 0. The molecule has 0 unspecified atom stereocenters.